The molecule has 2 heterocycles. The molecule has 0 unspecified atom stereocenters. The molecule has 4 aromatic rings. The third-order valence-electron chi connectivity index (χ3n) is 5.44. The van der Waals surface area contributed by atoms with E-state index in [0.29, 0.717) is 23.8 Å². The molecule has 30 heavy (non-hydrogen) atoms. The molecule has 1 aliphatic rings. The molecule has 2 aromatic heterocycles. The van der Waals surface area contributed by atoms with Crippen molar-refractivity contribution >= 4 is 28.4 Å². The van der Waals surface area contributed by atoms with Crippen molar-refractivity contribution in [1.82, 2.24) is 14.8 Å². The lowest BCUT2D eigenvalue weighted by Gasteiger charge is -2.12. The normalized spacial score (nSPS) is 13.4. The van der Waals surface area contributed by atoms with E-state index < -0.39 is 0 Å². The van der Waals surface area contributed by atoms with Gasteiger partial charge in [0.05, 0.1) is 25.4 Å². The Balaban J connectivity index is 1.42. The number of aromatic nitrogens is 3. The standard InChI is InChI=1S/C24H22N4O2/c1-30-24(29)21-12-18(17-7-8-17)13-25-23(21)27-20-9-10-22-19(11-20)14-26-28(22)15-16-5-3-2-4-6-16/h2-6,9-14,17H,7-8,15H2,1H3,(H,25,27). The minimum Gasteiger partial charge on any atom is -0.465 e. The summed E-state index contributed by atoms with van der Waals surface area (Å²) >= 11 is 0. The number of ether oxygens (including phenoxy) is 1. The fourth-order valence-corrected chi connectivity index (χ4v) is 3.67. The maximum absolute atomic E-state index is 12.3. The Labute approximate surface area is 174 Å². The van der Waals surface area contributed by atoms with Gasteiger partial charge in [0.15, 0.2) is 0 Å². The quantitative estimate of drug-likeness (QED) is 0.469. The van der Waals surface area contributed by atoms with E-state index in [2.05, 4.69) is 27.5 Å². The number of hydrogen-bond donors (Lipinski definition) is 1. The van der Waals surface area contributed by atoms with Crippen LogP contribution in [0.5, 0.6) is 0 Å². The van der Waals surface area contributed by atoms with Gasteiger partial charge in [0, 0.05) is 17.3 Å². The number of anilines is 2. The Morgan fingerprint density at radius 1 is 1.13 bits per heavy atom. The number of pyridine rings is 1. The number of rotatable bonds is 6. The molecule has 0 aliphatic heterocycles. The van der Waals surface area contributed by atoms with E-state index in [9.17, 15) is 4.79 Å². The molecule has 6 nitrogen and oxygen atoms in total. The van der Waals surface area contributed by atoms with E-state index >= 15 is 0 Å². The van der Waals surface area contributed by atoms with Gasteiger partial charge in [-0.3, -0.25) is 4.68 Å². The second-order valence-corrected chi connectivity index (χ2v) is 7.62. The molecule has 1 saturated carbocycles. The highest BCUT2D eigenvalue weighted by Crippen LogP contribution is 2.40. The monoisotopic (exact) mass is 398 g/mol. The van der Waals surface area contributed by atoms with Gasteiger partial charge in [0.2, 0.25) is 0 Å². The van der Waals surface area contributed by atoms with Gasteiger partial charge in [-0.2, -0.15) is 5.10 Å². The summed E-state index contributed by atoms with van der Waals surface area (Å²) in [5.41, 5.74) is 4.65. The Hall–Kier alpha value is -3.67. The molecular formula is C24H22N4O2. The van der Waals surface area contributed by atoms with Crippen molar-refractivity contribution in [2.75, 3.05) is 12.4 Å². The number of methoxy groups -OCH3 is 1. The number of hydrogen-bond acceptors (Lipinski definition) is 5. The maximum atomic E-state index is 12.3. The van der Waals surface area contributed by atoms with Crippen molar-refractivity contribution < 1.29 is 9.53 Å². The summed E-state index contributed by atoms with van der Waals surface area (Å²) in [5.74, 6) is 0.633. The zero-order chi connectivity index (χ0) is 20.5. The summed E-state index contributed by atoms with van der Waals surface area (Å²) in [6, 6.07) is 18.2. The first-order valence-corrected chi connectivity index (χ1v) is 10.1. The highest BCUT2D eigenvalue weighted by Gasteiger charge is 2.26. The van der Waals surface area contributed by atoms with Crippen molar-refractivity contribution in [2.45, 2.75) is 25.3 Å². The van der Waals surface area contributed by atoms with Gasteiger partial charge >= 0.3 is 5.97 Å². The average Bonchev–Trinajstić information content (AvgIpc) is 3.56. The van der Waals surface area contributed by atoms with Crippen LogP contribution in [0.3, 0.4) is 0 Å². The van der Waals surface area contributed by atoms with Crippen molar-refractivity contribution in [3.8, 4) is 0 Å². The smallest absolute Gasteiger partial charge is 0.341 e. The number of nitrogens with zero attached hydrogens (tertiary/aromatic N) is 3. The number of nitrogens with one attached hydrogen (secondary N) is 1. The first kappa shape index (κ1) is 18.4. The fraction of sp³-hybridized carbons (Fsp3) is 0.208. The first-order valence-electron chi connectivity index (χ1n) is 10.1. The van der Waals surface area contributed by atoms with E-state index in [1.807, 2.05) is 59.5 Å². The van der Waals surface area contributed by atoms with Gasteiger partial charge in [-0.1, -0.05) is 30.3 Å². The minimum absolute atomic E-state index is 0.385. The van der Waals surface area contributed by atoms with Gasteiger partial charge in [-0.05, 0) is 54.2 Å². The van der Waals surface area contributed by atoms with Crippen LogP contribution < -0.4 is 5.32 Å². The summed E-state index contributed by atoms with van der Waals surface area (Å²) in [5, 5.41) is 8.83. The molecule has 0 radical (unpaired) electrons. The lowest BCUT2D eigenvalue weighted by Crippen LogP contribution is -2.08. The molecule has 0 amide bonds. The van der Waals surface area contributed by atoms with Crippen molar-refractivity contribution in [3.05, 3.63) is 83.7 Å². The topological polar surface area (TPSA) is 69.0 Å². The van der Waals surface area contributed by atoms with Crippen LogP contribution in [-0.2, 0) is 11.3 Å². The van der Waals surface area contributed by atoms with E-state index in [1.165, 1.54) is 12.7 Å². The molecule has 6 heteroatoms. The summed E-state index contributed by atoms with van der Waals surface area (Å²) in [4.78, 5) is 16.8. The molecule has 1 N–H and O–H groups in total. The van der Waals surface area contributed by atoms with E-state index in [0.717, 1.165) is 35.0 Å². The predicted molar refractivity (Wildman–Crippen MR) is 116 cm³/mol. The third kappa shape index (κ3) is 3.64. The number of fused-ring (bicyclic) bond motifs is 1. The van der Waals surface area contributed by atoms with Crippen LogP contribution in [0.25, 0.3) is 10.9 Å². The molecule has 1 fully saturated rings. The summed E-state index contributed by atoms with van der Waals surface area (Å²) in [6.07, 6.45) is 6.01. The summed E-state index contributed by atoms with van der Waals surface area (Å²) in [6.45, 7) is 0.716. The largest absolute Gasteiger partial charge is 0.465 e. The van der Waals surface area contributed by atoms with Crippen molar-refractivity contribution in [3.63, 3.8) is 0 Å². The van der Waals surface area contributed by atoms with Gasteiger partial charge < -0.3 is 10.1 Å². The Morgan fingerprint density at radius 2 is 1.97 bits per heavy atom. The number of carbonyl (C=O) groups is 1. The Bertz CT molecular complexity index is 1210. The highest BCUT2D eigenvalue weighted by molar-refractivity contribution is 5.96. The van der Waals surface area contributed by atoms with E-state index in [1.54, 1.807) is 0 Å². The van der Waals surface area contributed by atoms with Crippen LogP contribution in [0.2, 0.25) is 0 Å². The molecule has 150 valence electrons. The number of benzene rings is 2. The molecular weight excluding hydrogens is 376 g/mol. The molecule has 0 saturated heterocycles. The number of carbonyl (C=O) groups excluding carboxylic acids is 1. The van der Waals surface area contributed by atoms with Crippen LogP contribution in [0.4, 0.5) is 11.5 Å². The zero-order valence-corrected chi connectivity index (χ0v) is 16.7. The predicted octanol–water partition coefficient (Wildman–Crippen LogP) is 4.89. The maximum Gasteiger partial charge on any atom is 0.341 e. The second kappa shape index (κ2) is 7.63. The summed E-state index contributed by atoms with van der Waals surface area (Å²) < 4.78 is 6.95. The fourth-order valence-electron chi connectivity index (χ4n) is 3.67. The summed E-state index contributed by atoms with van der Waals surface area (Å²) in [7, 11) is 1.39. The highest BCUT2D eigenvalue weighted by atomic mass is 16.5. The SMILES string of the molecule is COC(=O)c1cc(C2CC2)cnc1Nc1ccc2c(cnn2Cc2ccccc2)c1. The Morgan fingerprint density at radius 3 is 2.73 bits per heavy atom. The van der Waals surface area contributed by atoms with Crippen LogP contribution in [0.1, 0.15) is 40.2 Å². The lowest BCUT2D eigenvalue weighted by atomic mass is 10.1. The minimum atomic E-state index is -0.385. The van der Waals surface area contributed by atoms with Crippen molar-refractivity contribution in [2.24, 2.45) is 0 Å². The lowest BCUT2D eigenvalue weighted by molar-refractivity contribution is 0.0601. The molecule has 2 aromatic carbocycles. The zero-order valence-electron chi connectivity index (χ0n) is 16.7. The molecule has 1 aliphatic carbocycles. The van der Waals surface area contributed by atoms with Gasteiger partial charge in [-0.15, -0.1) is 0 Å². The van der Waals surface area contributed by atoms with E-state index in [-0.39, 0.29) is 5.97 Å². The van der Waals surface area contributed by atoms with E-state index in [4.69, 9.17) is 4.74 Å². The second-order valence-electron chi connectivity index (χ2n) is 7.62. The molecule has 0 spiro atoms. The van der Waals surface area contributed by atoms with Crippen molar-refractivity contribution in [1.29, 1.82) is 0 Å². The van der Waals surface area contributed by atoms with Gasteiger partial charge in [0.1, 0.15) is 11.4 Å². The molecule has 0 atom stereocenters. The van der Waals surface area contributed by atoms with Gasteiger partial charge in [0.25, 0.3) is 0 Å². The Kier molecular flexibility index (Phi) is 4.67. The third-order valence-corrected chi connectivity index (χ3v) is 5.44. The van der Waals surface area contributed by atoms with Crippen LogP contribution in [0.15, 0.2) is 67.0 Å². The van der Waals surface area contributed by atoms with Crippen LogP contribution in [-0.4, -0.2) is 27.8 Å². The average molecular weight is 398 g/mol. The van der Waals surface area contributed by atoms with Gasteiger partial charge in [-0.25, -0.2) is 9.78 Å². The molecule has 0 bridgehead atoms. The number of esters is 1. The molecule has 5 rings (SSSR count). The van der Waals surface area contributed by atoms with Crippen LogP contribution in [0, 0.1) is 0 Å². The first-order chi connectivity index (χ1) is 14.7. The van der Waals surface area contributed by atoms with Crippen LogP contribution >= 0.6 is 0 Å².